The van der Waals surface area contributed by atoms with Gasteiger partial charge in [0.2, 0.25) is 5.60 Å². The van der Waals surface area contributed by atoms with E-state index in [0.29, 0.717) is 0 Å². The molecule has 0 aliphatic rings. The Labute approximate surface area is 88.3 Å². The molecule has 0 saturated carbocycles. The Morgan fingerprint density at radius 3 is 2.31 bits per heavy atom. The van der Waals surface area contributed by atoms with E-state index in [1.807, 2.05) is 0 Å². The van der Waals surface area contributed by atoms with Gasteiger partial charge in [0.15, 0.2) is 0 Å². The molecule has 0 saturated heterocycles. The van der Waals surface area contributed by atoms with Crippen LogP contribution in [0.4, 0.5) is 13.2 Å². The molecule has 1 rings (SSSR count). The first-order valence-electron chi connectivity index (χ1n) is 4.24. The van der Waals surface area contributed by atoms with Crippen LogP contribution in [0.1, 0.15) is 17.9 Å². The zero-order valence-corrected chi connectivity index (χ0v) is 8.21. The molecule has 1 aromatic heterocycles. The second-order valence-corrected chi connectivity index (χ2v) is 3.34. The van der Waals surface area contributed by atoms with Gasteiger partial charge in [0, 0.05) is 0 Å². The van der Waals surface area contributed by atoms with E-state index in [-0.39, 0.29) is 5.76 Å². The minimum atomic E-state index is -5.12. The van der Waals surface area contributed by atoms with E-state index in [4.69, 9.17) is 5.11 Å². The first-order chi connectivity index (χ1) is 7.17. The molecule has 1 atom stereocenters. The summed E-state index contributed by atoms with van der Waals surface area (Å²) in [5, 5.41) is 17.8. The topological polar surface area (TPSA) is 70.7 Å². The molecule has 0 amide bonds. The quantitative estimate of drug-likeness (QED) is 0.842. The van der Waals surface area contributed by atoms with Crippen LogP contribution in [0.2, 0.25) is 0 Å². The van der Waals surface area contributed by atoms with Gasteiger partial charge in [-0.05, 0) is 19.1 Å². The summed E-state index contributed by atoms with van der Waals surface area (Å²) in [6, 6.07) is 2.12. The second kappa shape index (κ2) is 3.82. The second-order valence-electron chi connectivity index (χ2n) is 3.34. The van der Waals surface area contributed by atoms with E-state index >= 15 is 0 Å². The molecule has 0 bridgehead atoms. The number of carboxylic acid groups (broad SMARTS) is 1. The van der Waals surface area contributed by atoms with Crippen LogP contribution >= 0.6 is 0 Å². The molecule has 0 aliphatic carbocycles. The van der Waals surface area contributed by atoms with Crippen molar-refractivity contribution in [1.82, 2.24) is 0 Å². The number of furan rings is 1. The fourth-order valence-corrected chi connectivity index (χ4v) is 1.20. The maximum atomic E-state index is 12.6. The van der Waals surface area contributed by atoms with Gasteiger partial charge in [-0.3, -0.25) is 4.79 Å². The normalized spacial score (nSPS) is 15.8. The maximum absolute atomic E-state index is 12.6. The Hall–Kier alpha value is -1.50. The number of carboxylic acids is 1. The Morgan fingerprint density at radius 2 is 2.00 bits per heavy atom. The van der Waals surface area contributed by atoms with Gasteiger partial charge in [0.25, 0.3) is 0 Å². The minimum absolute atomic E-state index is 0.156. The minimum Gasteiger partial charge on any atom is -0.481 e. The molecule has 16 heavy (non-hydrogen) atoms. The fraction of sp³-hybridized carbons (Fsp3) is 0.444. The van der Waals surface area contributed by atoms with Crippen molar-refractivity contribution in [3.8, 4) is 0 Å². The van der Waals surface area contributed by atoms with Crippen molar-refractivity contribution >= 4 is 5.97 Å². The number of aryl methyl sites for hydroxylation is 1. The van der Waals surface area contributed by atoms with E-state index in [9.17, 15) is 23.1 Å². The molecule has 90 valence electrons. The lowest BCUT2D eigenvalue weighted by Gasteiger charge is -2.26. The van der Waals surface area contributed by atoms with Crippen LogP contribution in [0.5, 0.6) is 0 Å². The summed E-state index contributed by atoms with van der Waals surface area (Å²) in [5.41, 5.74) is -3.49. The number of hydrogen-bond donors (Lipinski definition) is 2. The van der Waals surface area contributed by atoms with Crippen LogP contribution < -0.4 is 0 Å². The number of hydrogen-bond acceptors (Lipinski definition) is 3. The molecule has 7 heteroatoms. The third-order valence-corrected chi connectivity index (χ3v) is 2.02. The van der Waals surface area contributed by atoms with Gasteiger partial charge in [-0.15, -0.1) is 0 Å². The molecule has 0 fully saturated rings. The van der Waals surface area contributed by atoms with Gasteiger partial charge < -0.3 is 14.6 Å². The van der Waals surface area contributed by atoms with Crippen LogP contribution in [0, 0.1) is 6.92 Å². The molecular weight excluding hydrogens is 229 g/mol. The van der Waals surface area contributed by atoms with Crippen molar-refractivity contribution in [2.45, 2.75) is 25.1 Å². The predicted molar refractivity (Wildman–Crippen MR) is 45.6 cm³/mol. The van der Waals surface area contributed by atoms with Crippen molar-refractivity contribution in [1.29, 1.82) is 0 Å². The van der Waals surface area contributed by atoms with E-state index in [1.165, 1.54) is 13.0 Å². The molecule has 0 spiro atoms. The Kier molecular flexibility index (Phi) is 3.00. The average molecular weight is 238 g/mol. The number of aliphatic carboxylic acids is 1. The van der Waals surface area contributed by atoms with Crippen LogP contribution in [-0.2, 0) is 10.4 Å². The molecule has 2 N–H and O–H groups in total. The van der Waals surface area contributed by atoms with Crippen LogP contribution in [-0.4, -0.2) is 22.4 Å². The lowest BCUT2D eigenvalue weighted by Crippen LogP contribution is -2.43. The van der Waals surface area contributed by atoms with Crippen LogP contribution in [0.25, 0.3) is 0 Å². The van der Waals surface area contributed by atoms with E-state index in [0.717, 1.165) is 6.07 Å². The van der Waals surface area contributed by atoms with Gasteiger partial charge >= 0.3 is 12.1 Å². The number of halogens is 3. The third kappa shape index (κ3) is 2.19. The van der Waals surface area contributed by atoms with Crippen molar-refractivity contribution in [2.75, 3.05) is 0 Å². The summed E-state index contributed by atoms with van der Waals surface area (Å²) in [4.78, 5) is 10.3. The van der Waals surface area contributed by atoms with Crippen molar-refractivity contribution in [3.05, 3.63) is 23.7 Å². The number of rotatable bonds is 3. The predicted octanol–water partition coefficient (Wildman–Crippen LogP) is 1.81. The highest BCUT2D eigenvalue weighted by Gasteiger charge is 2.58. The Bertz CT molecular complexity index is 396. The molecular formula is C9H9F3O4. The lowest BCUT2D eigenvalue weighted by molar-refractivity contribution is -0.275. The summed E-state index contributed by atoms with van der Waals surface area (Å²) >= 11 is 0. The average Bonchev–Trinajstić information content (AvgIpc) is 2.48. The highest BCUT2D eigenvalue weighted by Crippen LogP contribution is 2.42. The summed E-state index contributed by atoms with van der Waals surface area (Å²) in [5.74, 6) is -2.43. The van der Waals surface area contributed by atoms with Gasteiger partial charge in [0.1, 0.15) is 11.5 Å². The number of alkyl halides is 3. The Morgan fingerprint density at radius 1 is 1.44 bits per heavy atom. The molecule has 4 nitrogen and oxygen atoms in total. The molecule has 0 aromatic carbocycles. The van der Waals surface area contributed by atoms with Crippen LogP contribution in [0.15, 0.2) is 16.5 Å². The van der Waals surface area contributed by atoms with E-state index in [2.05, 4.69) is 4.42 Å². The van der Waals surface area contributed by atoms with Gasteiger partial charge in [0.05, 0.1) is 6.42 Å². The smallest absolute Gasteiger partial charge is 0.425 e. The van der Waals surface area contributed by atoms with E-state index in [1.54, 1.807) is 0 Å². The highest BCUT2D eigenvalue weighted by molar-refractivity contribution is 5.68. The monoisotopic (exact) mass is 238 g/mol. The fourth-order valence-electron chi connectivity index (χ4n) is 1.20. The summed E-state index contributed by atoms with van der Waals surface area (Å²) < 4.78 is 42.4. The van der Waals surface area contributed by atoms with Crippen molar-refractivity contribution in [3.63, 3.8) is 0 Å². The standard InChI is InChI=1S/C9H9F3O4/c1-5-2-3-6(16-5)8(15,4-7(13)14)9(10,11)12/h2-3,15H,4H2,1H3,(H,13,14)/t8-/m1/s1. The van der Waals surface area contributed by atoms with Crippen LogP contribution in [0.3, 0.4) is 0 Å². The van der Waals surface area contributed by atoms with Gasteiger partial charge in [-0.1, -0.05) is 0 Å². The molecule has 1 aromatic rings. The molecule has 1 heterocycles. The summed E-state index contributed by atoms with van der Waals surface area (Å²) in [7, 11) is 0. The SMILES string of the molecule is Cc1ccc([C@](O)(CC(=O)O)C(F)(F)F)o1. The summed E-state index contributed by atoms with van der Waals surface area (Å²) in [6.07, 6.45) is -6.61. The summed E-state index contributed by atoms with van der Waals surface area (Å²) in [6.45, 7) is 1.39. The highest BCUT2D eigenvalue weighted by atomic mass is 19.4. The zero-order chi connectivity index (χ0) is 12.6. The van der Waals surface area contributed by atoms with Crippen molar-refractivity contribution < 1.29 is 32.6 Å². The lowest BCUT2D eigenvalue weighted by atomic mass is 9.96. The Balaban J connectivity index is 3.19. The van der Waals surface area contributed by atoms with E-state index < -0.39 is 29.9 Å². The largest absolute Gasteiger partial charge is 0.481 e. The molecule has 0 radical (unpaired) electrons. The number of carbonyl (C=O) groups is 1. The zero-order valence-electron chi connectivity index (χ0n) is 8.21. The first kappa shape index (κ1) is 12.6. The molecule has 0 aliphatic heterocycles. The molecule has 0 unspecified atom stereocenters. The maximum Gasteiger partial charge on any atom is 0.425 e. The van der Waals surface area contributed by atoms with Gasteiger partial charge in [-0.2, -0.15) is 13.2 Å². The van der Waals surface area contributed by atoms with Gasteiger partial charge in [-0.25, -0.2) is 0 Å². The number of aliphatic hydroxyl groups is 1. The third-order valence-electron chi connectivity index (χ3n) is 2.02. The first-order valence-corrected chi connectivity index (χ1v) is 4.24. The van der Waals surface area contributed by atoms with Crippen molar-refractivity contribution in [2.24, 2.45) is 0 Å².